The van der Waals surface area contributed by atoms with Gasteiger partial charge < -0.3 is 10.8 Å². The molecule has 0 fully saturated rings. The first-order valence-electron chi connectivity index (χ1n) is 5.55. The number of carboxylic acids is 1. The summed E-state index contributed by atoms with van der Waals surface area (Å²) in [6.07, 6.45) is 0. The van der Waals surface area contributed by atoms with Crippen molar-refractivity contribution < 1.29 is 9.90 Å². The third-order valence-electron chi connectivity index (χ3n) is 3.23. The van der Waals surface area contributed by atoms with E-state index in [-0.39, 0.29) is 12.2 Å². The van der Waals surface area contributed by atoms with E-state index in [4.69, 9.17) is 10.8 Å². The predicted molar refractivity (Wildman–Crippen MR) is 67.6 cm³/mol. The van der Waals surface area contributed by atoms with Gasteiger partial charge in [-0.15, -0.1) is 0 Å². The summed E-state index contributed by atoms with van der Waals surface area (Å²) in [6.45, 7) is 0.0294. The molecule has 96 valence electrons. The Hall–Kier alpha value is -2.08. The normalized spacial score (nSPS) is 12.8. The lowest BCUT2D eigenvalue weighted by atomic mass is 9.99. The molecule has 2 rings (SSSR count). The molecule has 2 aromatic rings. The highest BCUT2D eigenvalue weighted by Crippen LogP contribution is 2.20. The number of rotatable bonds is 3. The fourth-order valence-corrected chi connectivity index (χ4v) is 2.12. The van der Waals surface area contributed by atoms with Crippen LogP contribution in [0.25, 0.3) is 11.0 Å². The van der Waals surface area contributed by atoms with Crippen molar-refractivity contribution in [3.05, 3.63) is 34.2 Å². The van der Waals surface area contributed by atoms with Crippen molar-refractivity contribution in [1.82, 2.24) is 9.13 Å². The fourth-order valence-electron chi connectivity index (χ4n) is 2.12. The first-order valence-corrected chi connectivity index (χ1v) is 5.55. The molecule has 0 spiro atoms. The number of aliphatic carboxylic acids is 1. The zero-order chi connectivity index (χ0) is 13.4. The Kier molecular flexibility index (Phi) is 2.96. The van der Waals surface area contributed by atoms with E-state index in [0.717, 1.165) is 5.52 Å². The van der Waals surface area contributed by atoms with E-state index in [0.29, 0.717) is 11.1 Å². The van der Waals surface area contributed by atoms with Crippen molar-refractivity contribution >= 4 is 17.0 Å². The number of carboxylic acid groups (broad SMARTS) is 1. The van der Waals surface area contributed by atoms with Crippen molar-refractivity contribution in [2.45, 2.75) is 5.92 Å². The molecular weight excluding hydrogens is 234 g/mol. The molecule has 1 aromatic heterocycles. The van der Waals surface area contributed by atoms with Crippen LogP contribution >= 0.6 is 0 Å². The molecule has 0 aliphatic rings. The zero-order valence-electron chi connectivity index (χ0n) is 10.3. The molecule has 1 atom stereocenters. The van der Waals surface area contributed by atoms with Crippen LogP contribution in [0.2, 0.25) is 0 Å². The van der Waals surface area contributed by atoms with Crippen molar-refractivity contribution in [2.24, 2.45) is 19.8 Å². The Balaban J connectivity index is 2.67. The Morgan fingerprint density at radius 1 is 1.33 bits per heavy atom. The highest BCUT2D eigenvalue weighted by molar-refractivity contribution is 5.81. The lowest BCUT2D eigenvalue weighted by Crippen LogP contribution is -2.21. The van der Waals surface area contributed by atoms with Gasteiger partial charge >= 0.3 is 11.7 Å². The molecule has 18 heavy (non-hydrogen) atoms. The van der Waals surface area contributed by atoms with Gasteiger partial charge in [-0.25, -0.2) is 4.79 Å². The summed E-state index contributed by atoms with van der Waals surface area (Å²) >= 11 is 0. The summed E-state index contributed by atoms with van der Waals surface area (Å²) in [5, 5.41) is 9.07. The van der Waals surface area contributed by atoms with Crippen LogP contribution in [0, 0.1) is 0 Å². The average molecular weight is 249 g/mol. The topological polar surface area (TPSA) is 90.3 Å². The van der Waals surface area contributed by atoms with Gasteiger partial charge in [0.25, 0.3) is 0 Å². The molecule has 6 nitrogen and oxygen atoms in total. The van der Waals surface area contributed by atoms with Gasteiger partial charge in [-0.2, -0.15) is 0 Å². The first kappa shape index (κ1) is 12.4. The quantitative estimate of drug-likeness (QED) is 0.801. The SMILES string of the molecule is Cn1c(=O)n(C)c2cc(C(CN)C(=O)O)ccc21. The fraction of sp³-hybridized carbons (Fsp3) is 0.333. The smallest absolute Gasteiger partial charge is 0.328 e. The molecule has 1 unspecified atom stereocenters. The van der Waals surface area contributed by atoms with E-state index in [1.165, 1.54) is 9.13 Å². The van der Waals surface area contributed by atoms with Crippen LogP contribution in [-0.2, 0) is 18.9 Å². The zero-order valence-corrected chi connectivity index (χ0v) is 10.3. The van der Waals surface area contributed by atoms with Gasteiger partial charge in [-0.1, -0.05) is 6.07 Å². The number of nitrogens with zero attached hydrogens (tertiary/aromatic N) is 2. The Morgan fingerprint density at radius 2 is 1.94 bits per heavy atom. The van der Waals surface area contributed by atoms with Gasteiger partial charge in [-0.05, 0) is 17.7 Å². The Bertz CT molecular complexity index is 669. The van der Waals surface area contributed by atoms with Crippen LogP contribution in [0.15, 0.2) is 23.0 Å². The third kappa shape index (κ3) is 1.70. The summed E-state index contributed by atoms with van der Waals surface area (Å²) in [6, 6.07) is 5.16. The Labute approximate surface area is 103 Å². The minimum atomic E-state index is -0.960. The summed E-state index contributed by atoms with van der Waals surface area (Å²) in [5.74, 6) is -1.71. The first-order chi connectivity index (χ1) is 8.47. The molecule has 1 aromatic carbocycles. The average Bonchev–Trinajstić information content (AvgIpc) is 2.55. The molecule has 0 saturated carbocycles. The van der Waals surface area contributed by atoms with Gasteiger partial charge in [0.15, 0.2) is 0 Å². The number of fused-ring (bicyclic) bond motifs is 1. The van der Waals surface area contributed by atoms with E-state index in [9.17, 15) is 9.59 Å². The van der Waals surface area contributed by atoms with Crippen LogP contribution in [0.5, 0.6) is 0 Å². The van der Waals surface area contributed by atoms with Crippen LogP contribution < -0.4 is 11.4 Å². The number of hydrogen-bond acceptors (Lipinski definition) is 3. The van der Waals surface area contributed by atoms with Gasteiger partial charge in [0.05, 0.1) is 17.0 Å². The minimum Gasteiger partial charge on any atom is -0.481 e. The summed E-state index contributed by atoms with van der Waals surface area (Å²) in [7, 11) is 3.34. The van der Waals surface area contributed by atoms with E-state index in [1.807, 2.05) is 0 Å². The molecule has 0 aliphatic carbocycles. The van der Waals surface area contributed by atoms with Crippen LogP contribution in [0.1, 0.15) is 11.5 Å². The number of benzene rings is 1. The molecule has 0 saturated heterocycles. The monoisotopic (exact) mass is 249 g/mol. The van der Waals surface area contributed by atoms with Crippen molar-refractivity contribution in [1.29, 1.82) is 0 Å². The van der Waals surface area contributed by atoms with E-state index in [2.05, 4.69) is 0 Å². The maximum Gasteiger partial charge on any atom is 0.328 e. The highest BCUT2D eigenvalue weighted by atomic mass is 16.4. The lowest BCUT2D eigenvalue weighted by molar-refractivity contribution is -0.138. The summed E-state index contributed by atoms with van der Waals surface area (Å²) in [4.78, 5) is 22.8. The maximum atomic E-state index is 11.8. The standard InChI is InChI=1S/C12H15N3O3/c1-14-9-4-3-7(8(6-13)11(16)17)5-10(9)15(2)12(14)18/h3-5,8H,6,13H2,1-2H3,(H,16,17). The molecule has 1 heterocycles. The number of aromatic nitrogens is 2. The number of hydrogen-bond donors (Lipinski definition) is 2. The molecule has 0 bridgehead atoms. The number of carbonyl (C=O) groups is 1. The van der Waals surface area contributed by atoms with E-state index in [1.54, 1.807) is 32.3 Å². The molecule has 0 aliphatic heterocycles. The largest absolute Gasteiger partial charge is 0.481 e. The predicted octanol–water partition coefficient (Wildman–Crippen LogP) is 0.00390. The van der Waals surface area contributed by atoms with Gasteiger partial charge in [0.1, 0.15) is 0 Å². The van der Waals surface area contributed by atoms with E-state index >= 15 is 0 Å². The summed E-state index contributed by atoms with van der Waals surface area (Å²) in [5.41, 5.74) is 7.42. The van der Waals surface area contributed by atoms with Crippen molar-refractivity contribution in [2.75, 3.05) is 6.54 Å². The van der Waals surface area contributed by atoms with Crippen molar-refractivity contribution in [3.8, 4) is 0 Å². The molecular formula is C12H15N3O3. The summed E-state index contributed by atoms with van der Waals surface area (Å²) < 4.78 is 3.02. The number of nitrogens with two attached hydrogens (primary N) is 1. The second-order valence-corrected chi connectivity index (χ2v) is 4.28. The van der Waals surface area contributed by atoms with Gasteiger partial charge in [-0.3, -0.25) is 13.9 Å². The Morgan fingerprint density at radius 3 is 2.50 bits per heavy atom. The number of imidazole rings is 1. The van der Waals surface area contributed by atoms with Crippen LogP contribution in [-0.4, -0.2) is 26.8 Å². The lowest BCUT2D eigenvalue weighted by Gasteiger charge is -2.10. The molecule has 0 radical (unpaired) electrons. The second-order valence-electron chi connectivity index (χ2n) is 4.28. The van der Waals surface area contributed by atoms with Crippen molar-refractivity contribution in [3.63, 3.8) is 0 Å². The van der Waals surface area contributed by atoms with Crippen LogP contribution in [0.3, 0.4) is 0 Å². The maximum absolute atomic E-state index is 11.8. The van der Waals surface area contributed by atoms with Crippen LogP contribution in [0.4, 0.5) is 0 Å². The molecule has 3 N–H and O–H groups in total. The van der Waals surface area contributed by atoms with Gasteiger partial charge in [0, 0.05) is 20.6 Å². The molecule has 6 heteroatoms. The third-order valence-corrected chi connectivity index (χ3v) is 3.23. The number of aryl methyl sites for hydroxylation is 2. The highest BCUT2D eigenvalue weighted by Gasteiger charge is 2.19. The second kappa shape index (κ2) is 4.30. The van der Waals surface area contributed by atoms with E-state index < -0.39 is 11.9 Å². The minimum absolute atomic E-state index is 0.0294. The molecule has 0 amide bonds. The van der Waals surface area contributed by atoms with Gasteiger partial charge in [0.2, 0.25) is 0 Å².